The summed E-state index contributed by atoms with van der Waals surface area (Å²) in [6.07, 6.45) is 1.92. The molecule has 0 aromatic carbocycles. The van der Waals surface area contributed by atoms with Crippen LogP contribution in [0.25, 0.3) is 0 Å². The number of amides is 1. The number of hydrogen-bond acceptors (Lipinski definition) is 4. The summed E-state index contributed by atoms with van der Waals surface area (Å²) in [5, 5.41) is 3.56. The Morgan fingerprint density at radius 3 is 2.81 bits per heavy atom. The van der Waals surface area contributed by atoms with Crippen molar-refractivity contribution in [2.45, 2.75) is 19.8 Å². The van der Waals surface area contributed by atoms with Crippen LogP contribution in [0.5, 0.6) is 0 Å². The van der Waals surface area contributed by atoms with Gasteiger partial charge in [-0.05, 0) is 19.8 Å². The normalized spacial score (nSPS) is 14.9. The van der Waals surface area contributed by atoms with Crippen LogP contribution in [0, 0.1) is 12.8 Å². The van der Waals surface area contributed by atoms with Crippen molar-refractivity contribution in [1.29, 1.82) is 0 Å². The molecule has 2 rings (SSSR count). The second-order valence-corrected chi connectivity index (χ2v) is 5.31. The zero-order valence-electron chi connectivity index (χ0n) is 8.75. The topological polar surface area (TPSA) is 59.1 Å². The molecule has 1 saturated carbocycles. The largest absolute Gasteiger partial charge is 0.302 e. The Morgan fingerprint density at radius 2 is 2.25 bits per heavy atom. The number of thiazole rings is 1. The minimum absolute atomic E-state index is 0.00178. The fraction of sp³-hybridized carbons (Fsp3) is 0.500. The highest BCUT2D eigenvalue weighted by atomic mass is 79.9. The Morgan fingerprint density at radius 1 is 1.56 bits per heavy atom. The number of hydrogen-bond donors (Lipinski definition) is 1. The number of aryl methyl sites for hydroxylation is 1. The van der Waals surface area contributed by atoms with Crippen LogP contribution in [0.2, 0.25) is 0 Å². The Balaban J connectivity index is 2.10. The Kier molecular flexibility index (Phi) is 3.39. The molecule has 1 amide bonds. The van der Waals surface area contributed by atoms with Gasteiger partial charge in [-0.2, -0.15) is 0 Å². The monoisotopic (exact) mass is 302 g/mol. The molecule has 86 valence electrons. The van der Waals surface area contributed by atoms with E-state index in [0.717, 1.165) is 12.8 Å². The zero-order valence-corrected chi connectivity index (χ0v) is 11.2. The molecule has 0 spiro atoms. The maximum atomic E-state index is 11.5. The lowest BCUT2D eigenvalue weighted by molar-refractivity contribution is -0.117. The summed E-state index contributed by atoms with van der Waals surface area (Å²) in [5.41, 5.74) is 0.681. The summed E-state index contributed by atoms with van der Waals surface area (Å²) in [4.78, 5) is 27.8. The number of ketones is 1. The van der Waals surface area contributed by atoms with Crippen LogP contribution in [-0.2, 0) is 4.79 Å². The highest BCUT2D eigenvalue weighted by Crippen LogP contribution is 2.31. The van der Waals surface area contributed by atoms with Crippen molar-refractivity contribution in [1.82, 2.24) is 4.98 Å². The van der Waals surface area contributed by atoms with Crippen LogP contribution in [0.3, 0.4) is 0 Å². The lowest BCUT2D eigenvalue weighted by atomic mass is 10.3. The van der Waals surface area contributed by atoms with Gasteiger partial charge in [0, 0.05) is 5.92 Å². The van der Waals surface area contributed by atoms with E-state index in [1.54, 1.807) is 6.92 Å². The third-order valence-corrected chi connectivity index (χ3v) is 3.97. The molecule has 0 aliphatic heterocycles. The number of alkyl halides is 1. The minimum Gasteiger partial charge on any atom is -0.302 e. The average molecular weight is 303 g/mol. The molecule has 1 aliphatic carbocycles. The summed E-state index contributed by atoms with van der Waals surface area (Å²) in [5.74, 6) is 0.174. The van der Waals surface area contributed by atoms with E-state index in [0.29, 0.717) is 15.7 Å². The van der Waals surface area contributed by atoms with Gasteiger partial charge in [-0.3, -0.25) is 9.59 Å². The first-order valence-electron chi connectivity index (χ1n) is 4.99. The maximum Gasteiger partial charge on any atom is 0.229 e. The van der Waals surface area contributed by atoms with Crippen molar-refractivity contribution in [3.05, 3.63) is 10.6 Å². The highest BCUT2D eigenvalue weighted by Gasteiger charge is 2.30. The molecule has 6 heteroatoms. The molecule has 0 radical (unpaired) electrons. The van der Waals surface area contributed by atoms with Gasteiger partial charge < -0.3 is 5.32 Å². The Labute approximate surface area is 106 Å². The number of carbonyl (C=O) groups is 2. The molecule has 0 atom stereocenters. The number of nitrogens with zero attached hydrogens (tertiary/aromatic N) is 1. The molecule has 0 saturated heterocycles. The molecule has 1 N–H and O–H groups in total. The standard InChI is InChI=1S/C10H11BrN2O2S/c1-5-8(7(14)4-11)16-10(12-5)13-9(15)6-2-3-6/h6H,2-4H2,1H3,(H,12,13,15). The summed E-state index contributed by atoms with van der Waals surface area (Å²) >= 11 is 4.36. The smallest absolute Gasteiger partial charge is 0.229 e. The van der Waals surface area contributed by atoms with Gasteiger partial charge in [0.1, 0.15) is 0 Å². The van der Waals surface area contributed by atoms with Gasteiger partial charge in [-0.15, -0.1) is 0 Å². The van der Waals surface area contributed by atoms with Gasteiger partial charge >= 0.3 is 0 Å². The van der Waals surface area contributed by atoms with Crippen molar-refractivity contribution in [2.75, 3.05) is 10.6 Å². The van der Waals surface area contributed by atoms with Gasteiger partial charge in [-0.25, -0.2) is 4.98 Å². The third kappa shape index (κ3) is 2.49. The van der Waals surface area contributed by atoms with Gasteiger partial charge in [0.15, 0.2) is 10.9 Å². The van der Waals surface area contributed by atoms with Crippen molar-refractivity contribution in [3.8, 4) is 0 Å². The van der Waals surface area contributed by atoms with Crippen molar-refractivity contribution in [3.63, 3.8) is 0 Å². The fourth-order valence-corrected chi connectivity index (χ4v) is 2.70. The fourth-order valence-electron chi connectivity index (χ4n) is 1.32. The lowest BCUT2D eigenvalue weighted by Crippen LogP contribution is -2.12. The van der Waals surface area contributed by atoms with Crippen LogP contribution in [0.4, 0.5) is 5.13 Å². The number of carbonyl (C=O) groups excluding carboxylic acids is 2. The predicted molar refractivity (Wildman–Crippen MR) is 66.3 cm³/mol. The van der Waals surface area contributed by atoms with Crippen molar-refractivity contribution >= 4 is 44.1 Å². The first kappa shape index (κ1) is 11.7. The van der Waals surface area contributed by atoms with E-state index in [4.69, 9.17) is 0 Å². The molecule has 1 aliphatic rings. The summed E-state index contributed by atoms with van der Waals surface area (Å²) < 4.78 is 0. The van der Waals surface area contributed by atoms with E-state index in [-0.39, 0.29) is 22.9 Å². The van der Waals surface area contributed by atoms with E-state index in [2.05, 4.69) is 26.2 Å². The molecular weight excluding hydrogens is 292 g/mol. The van der Waals surface area contributed by atoms with E-state index < -0.39 is 0 Å². The first-order valence-corrected chi connectivity index (χ1v) is 6.93. The average Bonchev–Trinajstić information content (AvgIpc) is 3.03. The molecule has 1 aromatic heterocycles. The van der Waals surface area contributed by atoms with Crippen LogP contribution in [0.15, 0.2) is 0 Å². The first-order chi connectivity index (χ1) is 7.61. The number of aromatic nitrogens is 1. The molecule has 16 heavy (non-hydrogen) atoms. The van der Waals surface area contributed by atoms with Crippen LogP contribution in [-0.4, -0.2) is 22.0 Å². The van der Waals surface area contributed by atoms with Crippen LogP contribution in [0.1, 0.15) is 28.2 Å². The van der Waals surface area contributed by atoms with Crippen LogP contribution >= 0.6 is 27.3 Å². The van der Waals surface area contributed by atoms with Gasteiger partial charge in [0.25, 0.3) is 0 Å². The molecule has 0 bridgehead atoms. The number of rotatable bonds is 4. The summed E-state index contributed by atoms with van der Waals surface area (Å²) in [7, 11) is 0. The molecule has 1 fully saturated rings. The van der Waals surface area contributed by atoms with E-state index in [1.807, 2.05) is 0 Å². The molecule has 0 unspecified atom stereocenters. The Bertz CT molecular complexity index is 440. The summed E-state index contributed by atoms with van der Waals surface area (Å²) in [6, 6.07) is 0. The van der Waals surface area contributed by atoms with Gasteiger partial charge in [0.05, 0.1) is 15.9 Å². The van der Waals surface area contributed by atoms with Crippen molar-refractivity contribution < 1.29 is 9.59 Å². The van der Waals surface area contributed by atoms with E-state index >= 15 is 0 Å². The Hall–Kier alpha value is -0.750. The molecule has 1 aromatic rings. The molecular formula is C10H11BrN2O2S. The SMILES string of the molecule is Cc1nc(NC(=O)C2CC2)sc1C(=O)CBr. The number of anilines is 1. The second kappa shape index (κ2) is 4.63. The van der Waals surface area contributed by atoms with Gasteiger partial charge in [-0.1, -0.05) is 27.3 Å². The van der Waals surface area contributed by atoms with E-state index in [9.17, 15) is 9.59 Å². The maximum absolute atomic E-state index is 11.5. The third-order valence-electron chi connectivity index (χ3n) is 2.35. The predicted octanol–water partition coefficient (Wildman–Crippen LogP) is 2.38. The second-order valence-electron chi connectivity index (χ2n) is 3.75. The lowest BCUT2D eigenvalue weighted by Gasteiger charge is -1.97. The summed E-state index contributed by atoms with van der Waals surface area (Å²) in [6.45, 7) is 1.78. The van der Waals surface area contributed by atoms with Crippen molar-refractivity contribution in [2.24, 2.45) is 5.92 Å². The zero-order chi connectivity index (χ0) is 11.7. The van der Waals surface area contributed by atoms with E-state index in [1.165, 1.54) is 11.3 Å². The molecule has 4 nitrogen and oxygen atoms in total. The van der Waals surface area contributed by atoms with Gasteiger partial charge in [0.2, 0.25) is 5.91 Å². The number of nitrogens with one attached hydrogen (secondary N) is 1. The number of halogens is 1. The minimum atomic E-state index is 0.00178. The number of Topliss-reactive ketones (excluding diaryl/α,β-unsaturated/α-hetero) is 1. The van der Waals surface area contributed by atoms with Crippen LogP contribution < -0.4 is 5.32 Å². The quantitative estimate of drug-likeness (QED) is 0.686. The molecule has 1 heterocycles. The highest BCUT2D eigenvalue weighted by molar-refractivity contribution is 9.09.